The smallest absolute Gasteiger partial charge is 0.251 e. The molecule has 2 aromatic rings. The van der Waals surface area contributed by atoms with Crippen molar-refractivity contribution in [1.29, 1.82) is 0 Å². The van der Waals surface area contributed by atoms with Crippen LogP contribution in [0.15, 0.2) is 30.3 Å². The second-order valence-electron chi connectivity index (χ2n) is 10.3. The van der Waals surface area contributed by atoms with E-state index in [1.54, 1.807) is 0 Å². The number of carbonyl (C=O) groups excluding carboxylic acids is 1. The van der Waals surface area contributed by atoms with Gasteiger partial charge in [-0.05, 0) is 99.2 Å². The Bertz CT molecular complexity index is 888. The summed E-state index contributed by atoms with van der Waals surface area (Å²) in [5.74, 6) is 2.38. The normalized spacial score (nSPS) is 24.1. The van der Waals surface area contributed by atoms with Crippen LogP contribution in [0.1, 0.15) is 67.3 Å². The maximum absolute atomic E-state index is 12.6. The number of nitrogens with one attached hydrogen (secondary N) is 1. The van der Waals surface area contributed by atoms with Crippen molar-refractivity contribution in [2.75, 3.05) is 26.2 Å². The SMILES string of the molecule is Cc1cc2c(n1-c1ccc(C(=O)NCCCN3C[C@H](C)C[C@H](C)C3)cc1)CC[C@H](C)C2. The van der Waals surface area contributed by atoms with E-state index in [-0.39, 0.29) is 5.91 Å². The average Bonchev–Trinajstić information content (AvgIpc) is 3.05. The van der Waals surface area contributed by atoms with Crippen LogP contribution in [0.3, 0.4) is 0 Å². The number of benzene rings is 1. The van der Waals surface area contributed by atoms with E-state index in [2.05, 4.69) is 60.7 Å². The molecular weight excluding hydrogens is 382 g/mol. The van der Waals surface area contributed by atoms with E-state index < -0.39 is 0 Å². The van der Waals surface area contributed by atoms with Crippen molar-refractivity contribution < 1.29 is 4.79 Å². The second-order valence-corrected chi connectivity index (χ2v) is 10.3. The first-order valence-corrected chi connectivity index (χ1v) is 12.2. The summed E-state index contributed by atoms with van der Waals surface area (Å²) in [6, 6.07) is 10.5. The number of nitrogens with zero attached hydrogens (tertiary/aromatic N) is 2. The number of hydrogen-bond donors (Lipinski definition) is 1. The lowest BCUT2D eigenvalue weighted by atomic mass is 9.89. The molecule has 4 rings (SSSR count). The summed E-state index contributed by atoms with van der Waals surface area (Å²) in [6.07, 6.45) is 5.93. The van der Waals surface area contributed by atoms with Crippen molar-refractivity contribution in [2.45, 2.75) is 59.8 Å². The lowest BCUT2D eigenvalue weighted by Crippen LogP contribution is -2.40. The van der Waals surface area contributed by atoms with Crippen molar-refractivity contribution in [3.63, 3.8) is 0 Å². The molecular formula is C27H39N3O. The molecule has 4 heteroatoms. The van der Waals surface area contributed by atoms with Gasteiger partial charge in [0.1, 0.15) is 0 Å². The fraction of sp³-hybridized carbons (Fsp3) is 0.593. The summed E-state index contributed by atoms with van der Waals surface area (Å²) >= 11 is 0. The molecule has 0 bridgehead atoms. The average molecular weight is 422 g/mol. The van der Waals surface area contributed by atoms with Crippen LogP contribution in [-0.2, 0) is 12.8 Å². The van der Waals surface area contributed by atoms with E-state index >= 15 is 0 Å². The van der Waals surface area contributed by atoms with Crippen molar-refractivity contribution in [2.24, 2.45) is 17.8 Å². The van der Waals surface area contributed by atoms with Crippen molar-refractivity contribution >= 4 is 5.91 Å². The predicted octanol–water partition coefficient (Wildman–Crippen LogP) is 5.01. The minimum atomic E-state index is 0.0343. The summed E-state index contributed by atoms with van der Waals surface area (Å²) in [5, 5.41) is 3.11. The zero-order valence-electron chi connectivity index (χ0n) is 19.8. The van der Waals surface area contributed by atoms with Gasteiger partial charge < -0.3 is 14.8 Å². The Morgan fingerprint density at radius 1 is 1.06 bits per heavy atom. The van der Waals surface area contributed by atoms with Crippen LogP contribution in [0, 0.1) is 24.7 Å². The molecule has 4 nitrogen and oxygen atoms in total. The highest BCUT2D eigenvalue weighted by Crippen LogP contribution is 2.30. The molecule has 0 spiro atoms. The molecule has 31 heavy (non-hydrogen) atoms. The molecule has 1 aromatic heterocycles. The van der Waals surface area contributed by atoms with Crippen molar-refractivity contribution in [1.82, 2.24) is 14.8 Å². The Hall–Kier alpha value is -2.07. The first-order chi connectivity index (χ1) is 14.9. The number of fused-ring (bicyclic) bond motifs is 1. The van der Waals surface area contributed by atoms with Crippen molar-refractivity contribution in [3.05, 3.63) is 52.8 Å². The number of likely N-dealkylation sites (tertiary alicyclic amines) is 1. The zero-order chi connectivity index (χ0) is 22.0. The maximum atomic E-state index is 12.6. The molecule has 1 aliphatic carbocycles. The topological polar surface area (TPSA) is 37.3 Å². The largest absolute Gasteiger partial charge is 0.352 e. The van der Waals surface area contributed by atoms with Gasteiger partial charge in [0.2, 0.25) is 0 Å². The third-order valence-corrected chi connectivity index (χ3v) is 7.09. The first-order valence-electron chi connectivity index (χ1n) is 12.2. The van der Waals surface area contributed by atoms with Crippen LogP contribution in [0.4, 0.5) is 0 Å². The van der Waals surface area contributed by atoms with Gasteiger partial charge in [-0.1, -0.05) is 20.8 Å². The first kappa shape index (κ1) is 22.1. The van der Waals surface area contributed by atoms with Gasteiger partial charge in [-0.3, -0.25) is 4.79 Å². The lowest BCUT2D eigenvalue weighted by Gasteiger charge is -2.34. The van der Waals surface area contributed by atoms with Crippen LogP contribution in [0.5, 0.6) is 0 Å². The molecule has 1 fully saturated rings. The van der Waals surface area contributed by atoms with Crippen LogP contribution < -0.4 is 5.32 Å². The molecule has 0 saturated carbocycles. The number of carbonyl (C=O) groups is 1. The van der Waals surface area contributed by atoms with Gasteiger partial charge in [0.05, 0.1) is 0 Å². The van der Waals surface area contributed by atoms with Gasteiger partial charge in [-0.2, -0.15) is 0 Å². The van der Waals surface area contributed by atoms with E-state index in [1.807, 2.05) is 12.1 Å². The Morgan fingerprint density at radius 3 is 2.48 bits per heavy atom. The van der Waals surface area contributed by atoms with Crippen LogP contribution in [-0.4, -0.2) is 41.6 Å². The summed E-state index contributed by atoms with van der Waals surface area (Å²) in [4.78, 5) is 15.2. The lowest BCUT2D eigenvalue weighted by molar-refractivity contribution is 0.0947. The Morgan fingerprint density at radius 2 is 1.77 bits per heavy atom. The van der Waals surface area contributed by atoms with E-state index in [9.17, 15) is 4.79 Å². The minimum absolute atomic E-state index is 0.0343. The summed E-state index contributed by atoms with van der Waals surface area (Å²) in [6.45, 7) is 13.4. The van der Waals surface area contributed by atoms with Crippen LogP contribution in [0.25, 0.3) is 5.69 Å². The van der Waals surface area contributed by atoms with Crippen LogP contribution in [0.2, 0.25) is 0 Å². The number of rotatable bonds is 6. The zero-order valence-corrected chi connectivity index (χ0v) is 19.8. The molecule has 3 atom stereocenters. The molecule has 1 N–H and O–H groups in total. The molecule has 2 aliphatic rings. The third kappa shape index (κ3) is 5.23. The standard InChI is InChI=1S/C27H39N3O/c1-19-6-11-26-24(15-19)16-22(4)30(26)25-9-7-23(8-10-25)27(31)28-12-5-13-29-17-20(2)14-21(3)18-29/h7-10,16,19-21H,5-6,11-15,17-18H2,1-4H3,(H,28,31)/t19-,20-,21+/m0/s1. The molecule has 0 unspecified atom stereocenters. The van der Waals surface area contributed by atoms with Gasteiger partial charge in [0.25, 0.3) is 5.91 Å². The highest BCUT2D eigenvalue weighted by Gasteiger charge is 2.22. The number of aromatic nitrogens is 1. The highest BCUT2D eigenvalue weighted by atomic mass is 16.1. The number of piperidine rings is 1. The summed E-state index contributed by atoms with van der Waals surface area (Å²) < 4.78 is 2.38. The van der Waals surface area contributed by atoms with Gasteiger partial charge in [-0.15, -0.1) is 0 Å². The fourth-order valence-electron chi connectivity index (χ4n) is 5.77. The minimum Gasteiger partial charge on any atom is -0.352 e. The monoisotopic (exact) mass is 421 g/mol. The predicted molar refractivity (Wildman–Crippen MR) is 128 cm³/mol. The molecule has 168 valence electrons. The number of hydrogen-bond acceptors (Lipinski definition) is 2. The molecule has 1 aromatic carbocycles. The van der Waals surface area contributed by atoms with Gasteiger partial charge in [-0.25, -0.2) is 0 Å². The Balaban J connectivity index is 1.31. The summed E-state index contributed by atoms with van der Waals surface area (Å²) in [7, 11) is 0. The van der Waals surface area contributed by atoms with E-state index in [0.717, 1.165) is 54.9 Å². The number of amides is 1. The van der Waals surface area contributed by atoms with Crippen molar-refractivity contribution in [3.8, 4) is 5.69 Å². The Kier molecular flexibility index (Phi) is 6.86. The number of aryl methyl sites for hydroxylation is 1. The highest BCUT2D eigenvalue weighted by molar-refractivity contribution is 5.94. The van der Waals surface area contributed by atoms with E-state index in [1.165, 1.54) is 49.3 Å². The van der Waals surface area contributed by atoms with Gasteiger partial charge in [0.15, 0.2) is 0 Å². The van der Waals surface area contributed by atoms with E-state index in [0.29, 0.717) is 0 Å². The van der Waals surface area contributed by atoms with Gasteiger partial charge in [0, 0.05) is 42.3 Å². The summed E-state index contributed by atoms with van der Waals surface area (Å²) in [5.41, 5.74) is 6.15. The molecule has 2 heterocycles. The maximum Gasteiger partial charge on any atom is 0.251 e. The van der Waals surface area contributed by atoms with Gasteiger partial charge >= 0.3 is 0 Å². The fourth-order valence-corrected chi connectivity index (χ4v) is 5.77. The molecule has 1 saturated heterocycles. The van der Waals surface area contributed by atoms with Crippen LogP contribution >= 0.6 is 0 Å². The van der Waals surface area contributed by atoms with E-state index in [4.69, 9.17) is 0 Å². The molecule has 1 amide bonds. The molecule has 0 radical (unpaired) electrons. The third-order valence-electron chi connectivity index (χ3n) is 7.09. The quantitative estimate of drug-likeness (QED) is 0.666. The molecule has 1 aliphatic heterocycles. The Labute approximate surface area is 188 Å². The second kappa shape index (κ2) is 9.60.